The molecule has 2 aliphatic rings. The predicted octanol–water partition coefficient (Wildman–Crippen LogP) is 3.50. The first-order valence-electron chi connectivity index (χ1n) is 10.4. The fourth-order valence-electron chi connectivity index (χ4n) is 3.23. The summed E-state index contributed by atoms with van der Waals surface area (Å²) in [7, 11) is 1.47. The largest absolute Gasteiger partial charge is 0.493 e. The lowest BCUT2D eigenvalue weighted by atomic mass is 10.1. The van der Waals surface area contributed by atoms with Gasteiger partial charge in [-0.1, -0.05) is 18.2 Å². The topological polar surface area (TPSA) is 128 Å². The van der Waals surface area contributed by atoms with E-state index in [1.807, 2.05) is 0 Å². The summed E-state index contributed by atoms with van der Waals surface area (Å²) in [6.45, 7) is -0.118. The Bertz CT molecular complexity index is 1180. The van der Waals surface area contributed by atoms with Crippen LogP contribution in [-0.2, 0) is 16.1 Å². The average Bonchev–Trinajstić information content (AvgIpc) is 3.60. The van der Waals surface area contributed by atoms with E-state index < -0.39 is 16.1 Å². The number of hydrogen-bond donors (Lipinski definition) is 1. The van der Waals surface area contributed by atoms with Crippen LogP contribution in [0.2, 0.25) is 0 Å². The van der Waals surface area contributed by atoms with Gasteiger partial charge in [0.05, 0.1) is 23.5 Å². The van der Waals surface area contributed by atoms with E-state index in [0.29, 0.717) is 22.6 Å². The van der Waals surface area contributed by atoms with Crippen LogP contribution in [0, 0.1) is 10.1 Å². The summed E-state index contributed by atoms with van der Waals surface area (Å²) >= 11 is 0.813. The molecule has 0 radical (unpaired) electrons. The summed E-state index contributed by atoms with van der Waals surface area (Å²) in [5.74, 6) is 0.120. The van der Waals surface area contributed by atoms with Gasteiger partial charge in [-0.25, -0.2) is 0 Å². The third-order valence-electron chi connectivity index (χ3n) is 5.15. The molecule has 2 aromatic rings. The van der Waals surface area contributed by atoms with E-state index in [4.69, 9.17) is 9.47 Å². The number of carbonyl (C=O) groups excluding carboxylic acids is 3. The van der Waals surface area contributed by atoms with Gasteiger partial charge in [-0.2, -0.15) is 0 Å². The third-order valence-corrected chi connectivity index (χ3v) is 6.06. The zero-order valence-corrected chi connectivity index (χ0v) is 19.0. The Labute approximate surface area is 199 Å². The molecule has 0 aromatic heterocycles. The fourth-order valence-corrected chi connectivity index (χ4v) is 4.07. The Morgan fingerprint density at radius 2 is 1.94 bits per heavy atom. The molecular weight excluding hydrogens is 462 g/mol. The molecule has 1 N–H and O–H groups in total. The van der Waals surface area contributed by atoms with Gasteiger partial charge < -0.3 is 14.8 Å². The van der Waals surface area contributed by atoms with Crippen molar-refractivity contribution in [2.24, 2.45) is 0 Å². The second-order valence-electron chi connectivity index (χ2n) is 7.73. The van der Waals surface area contributed by atoms with Crippen LogP contribution >= 0.6 is 11.8 Å². The van der Waals surface area contributed by atoms with Gasteiger partial charge in [0.2, 0.25) is 0 Å². The SMILES string of the molecule is COc1cc(/C=C2\SC(=O)N(Cc3ccc([N+](=O)[O-])cc3)C2=O)ccc1OCC(=O)NC1CC1. The number of rotatable bonds is 9. The van der Waals surface area contributed by atoms with Gasteiger partial charge in [0.15, 0.2) is 18.1 Å². The maximum absolute atomic E-state index is 12.8. The molecule has 1 heterocycles. The number of thioether (sulfide) groups is 1. The molecule has 10 nitrogen and oxygen atoms in total. The summed E-state index contributed by atoms with van der Waals surface area (Å²) in [5, 5.41) is 13.2. The zero-order valence-electron chi connectivity index (χ0n) is 18.2. The lowest BCUT2D eigenvalue weighted by molar-refractivity contribution is -0.384. The molecule has 3 amide bonds. The minimum Gasteiger partial charge on any atom is -0.493 e. The molecule has 176 valence electrons. The van der Waals surface area contributed by atoms with Crippen LogP contribution in [0.25, 0.3) is 6.08 Å². The molecule has 34 heavy (non-hydrogen) atoms. The standard InChI is InChI=1S/C23H21N3O7S/c1-32-19-10-15(4-9-18(19)33-13-21(27)24-16-5-6-16)11-20-22(28)25(23(29)34-20)12-14-2-7-17(8-3-14)26(30)31/h2-4,7-11,16H,5-6,12-13H2,1H3,(H,24,27)/b20-11-. The number of carbonyl (C=O) groups is 3. The van der Waals surface area contributed by atoms with Gasteiger partial charge in [-0.05, 0) is 53.9 Å². The monoisotopic (exact) mass is 483 g/mol. The number of amides is 3. The Kier molecular flexibility index (Phi) is 6.82. The molecule has 0 bridgehead atoms. The highest BCUT2D eigenvalue weighted by Crippen LogP contribution is 2.35. The summed E-state index contributed by atoms with van der Waals surface area (Å²) in [6, 6.07) is 10.9. The molecule has 0 spiro atoms. The first-order valence-corrected chi connectivity index (χ1v) is 11.2. The number of nitro groups is 1. The molecular formula is C23H21N3O7S. The summed E-state index contributed by atoms with van der Waals surface area (Å²) < 4.78 is 10.9. The highest BCUT2D eigenvalue weighted by atomic mass is 32.2. The van der Waals surface area contributed by atoms with Crippen molar-refractivity contribution in [3.63, 3.8) is 0 Å². The molecule has 0 unspecified atom stereocenters. The Morgan fingerprint density at radius 1 is 1.21 bits per heavy atom. The summed E-state index contributed by atoms with van der Waals surface area (Å²) in [6.07, 6.45) is 3.55. The number of imide groups is 1. The van der Waals surface area contributed by atoms with Crippen LogP contribution in [0.5, 0.6) is 11.5 Å². The van der Waals surface area contributed by atoms with Crippen molar-refractivity contribution in [1.82, 2.24) is 10.2 Å². The van der Waals surface area contributed by atoms with Gasteiger partial charge in [-0.3, -0.25) is 29.4 Å². The molecule has 4 rings (SSSR count). The fraction of sp³-hybridized carbons (Fsp3) is 0.261. The first-order chi connectivity index (χ1) is 16.3. The number of non-ortho nitro benzene ring substituents is 1. The van der Waals surface area contributed by atoms with Gasteiger partial charge in [0.1, 0.15) is 0 Å². The van der Waals surface area contributed by atoms with Crippen molar-refractivity contribution in [2.75, 3.05) is 13.7 Å². The second-order valence-corrected chi connectivity index (χ2v) is 8.73. The molecule has 1 aliphatic carbocycles. The molecule has 1 saturated heterocycles. The molecule has 0 atom stereocenters. The number of hydrogen-bond acceptors (Lipinski definition) is 8. The van der Waals surface area contributed by atoms with Crippen molar-refractivity contribution in [3.8, 4) is 11.5 Å². The van der Waals surface area contributed by atoms with E-state index in [1.165, 1.54) is 31.4 Å². The zero-order chi connectivity index (χ0) is 24.2. The number of nitrogens with one attached hydrogen (secondary N) is 1. The summed E-state index contributed by atoms with van der Waals surface area (Å²) in [5.41, 5.74) is 1.15. The van der Waals surface area contributed by atoms with Crippen LogP contribution in [0.3, 0.4) is 0 Å². The quantitative estimate of drug-likeness (QED) is 0.326. The minimum atomic E-state index is -0.514. The Hall–Kier alpha value is -3.86. The Morgan fingerprint density at radius 3 is 2.59 bits per heavy atom. The van der Waals surface area contributed by atoms with Crippen LogP contribution in [0.4, 0.5) is 10.5 Å². The van der Waals surface area contributed by atoms with Gasteiger partial charge in [-0.15, -0.1) is 0 Å². The van der Waals surface area contributed by atoms with Crippen molar-refractivity contribution in [2.45, 2.75) is 25.4 Å². The maximum Gasteiger partial charge on any atom is 0.293 e. The van der Waals surface area contributed by atoms with Crippen molar-refractivity contribution >= 4 is 40.6 Å². The van der Waals surface area contributed by atoms with Crippen molar-refractivity contribution < 1.29 is 28.8 Å². The van der Waals surface area contributed by atoms with Gasteiger partial charge in [0, 0.05) is 18.2 Å². The number of nitro benzene ring substituents is 1. The smallest absolute Gasteiger partial charge is 0.293 e. The van der Waals surface area contributed by atoms with Gasteiger partial charge in [0.25, 0.3) is 22.7 Å². The van der Waals surface area contributed by atoms with E-state index in [2.05, 4.69) is 5.32 Å². The maximum atomic E-state index is 12.8. The minimum absolute atomic E-state index is 0.0129. The number of ether oxygens (including phenoxy) is 2. The average molecular weight is 484 g/mol. The second kappa shape index (κ2) is 9.96. The highest BCUT2D eigenvalue weighted by molar-refractivity contribution is 8.18. The molecule has 11 heteroatoms. The molecule has 1 saturated carbocycles. The first kappa shape index (κ1) is 23.3. The number of nitrogens with zero attached hydrogens (tertiary/aromatic N) is 2. The van der Waals surface area contributed by atoms with E-state index in [0.717, 1.165) is 29.5 Å². The highest BCUT2D eigenvalue weighted by Gasteiger charge is 2.35. The van der Waals surface area contributed by atoms with E-state index in [1.54, 1.807) is 24.3 Å². The molecule has 2 aromatic carbocycles. The van der Waals surface area contributed by atoms with E-state index in [9.17, 15) is 24.5 Å². The van der Waals surface area contributed by atoms with E-state index >= 15 is 0 Å². The van der Waals surface area contributed by atoms with E-state index in [-0.39, 0.29) is 35.7 Å². The number of benzene rings is 2. The lowest BCUT2D eigenvalue weighted by Crippen LogP contribution is -2.30. The van der Waals surface area contributed by atoms with Crippen LogP contribution < -0.4 is 14.8 Å². The lowest BCUT2D eigenvalue weighted by Gasteiger charge is -2.12. The third kappa shape index (κ3) is 5.54. The molecule has 1 aliphatic heterocycles. The van der Waals surface area contributed by atoms with Gasteiger partial charge >= 0.3 is 0 Å². The van der Waals surface area contributed by atoms with Crippen molar-refractivity contribution in [1.29, 1.82) is 0 Å². The molecule has 2 fully saturated rings. The Balaban J connectivity index is 1.43. The summed E-state index contributed by atoms with van der Waals surface area (Å²) in [4.78, 5) is 48.7. The van der Waals surface area contributed by atoms with Crippen LogP contribution in [-0.4, -0.2) is 46.6 Å². The number of methoxy groups -OCH3 is 1. The van der Waals surface area contributed by atoms with Crippen LogP contribution in [0.1, 0.15) is 24.0 Å². The van der Waals surface area contributed by atoms with Crippen LogP contribution in [0.15, 0.2) is 47.4 Å². The normalized spacial score (nSPS) is 16.6. The van der Waals surface area contributed by atoms with Crippen molar-refractivity contribution in [3.05, 3.63) is 68.6 Å². The predicted molar refractivity (Wildman–Crippen MR) is 124 cm³/mol.